The molecule has 1 aromatic carbocycles. The highest BCUT2D eigenvalue weighted by atomic mass is 32.2. The highest BCUT2D eigenvalue weighted by Gasteiger charge is 2.29. The van der Waals surface area contributed by atoms with Crippen molar-refractivity contribution in [2.75, 3.05) is 5.32 Å². The van der Waals surface area contributed by atoms with Crippen LogP contribution in [0.4, 0.5) is 5.69 Å². The van der Waals surface area contributed by atoms with E-state index in [0.717, 1.165) is 0 Å². The van der Waals surface area contributed by atoms with Crippen LogP contribution in [0.15, 0.2) is 23.1 Å². The molecule has 1 aliphatic heterocycles. The van der Waals surface area contributed by atoms with Gasteiger partial charge in [-0.25, -0.2) is 8.42 Å². The minimum absolute atomic E-state index is 0.00603. The Labute approximate surface area is 140 Å². The van der Waals surface area contributed by atoms with Gasteiger partial charge in [0.1, 0.15) is 11.8 Å². The van der Waals surface area contributed by atoms with Crippen molar-refractivity contribution >= 4 is 27.6 Å². The van der Waals surface area contributed by atoms with Crippen molar-refractivity contribution in [1.82, 2.24) is 4.72 Å². The van der Waals surface area contributed by atoms with Gasteiger partial charge in [0.05, 0.1) is 10.6 Å². The van der Waals surface area contributed by atoms with E-state index >= 15 is 0 Å². The standard InChI is InChI=1S/C15H20N2O6S/c1-8(2)6-12(15(19)20)17-24(21,22)10-4-5-13-11(7-10)16-14(18)9(3)23-13/h4-5,7-9,12,17H,6H2,1-3H3,(H,16,18)(H,19,20). The van der Waals surface area contributed by atoms with Crippen LogP contribution in [0, 0.1) is 5.92 Å². The molecule has 132 valence electrons. The number of benzene rings is 1. The van der Waals surface area contributed by atoms with Gasteiger partial charge >= 0.3 is 5.97 Å². The fourth-order valence-electron chi connectivity index (χ4n) is 2.28. The van der Waals surface area contributed by atoms with E-state index in [2.05, 4.69) is 10.0 Å². The lowest BCUT2D eigenvalue weighted by Crippen LogP contribution is -2.41. The smallest absolute Gasteiger partial charge is 0.321 e. The van der Waals surface area contributed by atoms with Gasteiger partial charge in [0, 0.05) is 0 Å². The zero-order chi connectivity index (χ0) is 18.1. The van der Waals surface area contributed by atoms with E-state index in [9.17, 15) is 23.1 Å². The molecule has 1 aromatic rings. The number of hydrogen-bond donors (Lipinski definition) is 3. The number of carbonyl (C=O) groups excluding carboxylic acids is 1. The fourth-order valence-corrected chi connectivity index (χ4v) is 3.51. The van der Waals surface area contributed by atoms with Gasteiger partial charge in [0.15, 0.2) is 6.10 Å². The number of hydrogen-bond acceptors (Lipinski definition) is 5. The zero-order valence-electron chi connectivity index (χ0n) is 13.6. The average Bonchev–Trinajstić information content (AvgIpc) is 2.46. The molecule has 0 aromatic heterocycles. The molecule has 3 N–H and O–H groups in total. The summed E-state index contributed by atoms with van der Waals surface area (Å²) in [7, 11) is -4.05. The van der Waals surface area contributed by atoms with Crippen molar-refractivity contribution in [2.45, 2.75) is 44.2 Å². The topological polar surface area (TPSA) is 122 Å². The molecule has 0 spiro atoms. The second-order valence-electron chi connectivity index (χ2n) is 6.05. The number of amides is 1. The molecule has 24 heavy (non-hydrogen) atoms. The number of sulfonamides is 1. The van der Waals surface area contributed by atoms with Crippen molar-refractivity contribution < 1.29 is 27.9 Å². The summed E-state index contributed by atoms with van der Waals surface area (Å²) in [6, 6.07) is 2.75. The lowest BCUT2D eigenvalue weighted by Gasteiger charge is -2.24. The van der Waals surface area contributed by atoms with Crippen LogP contribution in [-0.4, -0.2) is 37.5 Å². The summed E-state index contributed by atoms with van der Waals surface area (Å²) in [6.07, 6.45) is -0.503. The summed E-state index contributed by atoms with van der Waals surface area (Å²) in [4.78, 5) is 22.7. The fraction of sp³-hybridized carbons (Fsp3) is 0.467. The number of carboxylic acid groups (broad SMARTS) is 1. The van der Waals surface area contributed by atoms with E-state index < -0.39 is 28.1 Å². The summed E-state index contributed by atoms with van der Waals surface area (Å²) in [5.41, 5.74) is 0.233. The van der Waals surface area contributed by atoms with Gasteiger partial charge in [0.2, 0.25) is 10.0 Å². The number of ether oxygens (including phenoxy) is 1. The summed E-state index contributed by atoms with van der Waals surface area (Å²) in [6.45, 7) is 5.18. The minimum Gasteiger partial charge on any atom is -0.480 e. The second kappa shape index (κ2) is 6.78. The Kier molecular flexibility index (Phi) is 5.14. The lowest BCUT2D eigenvalue weighted by atomic mass is 10.1. The first-order valence-electron chi connectivity index (χ1n) is 7.47. The van der Waals surface area contributed by atoms with Crippen molar-refractivity contribution in [3.8, 4) is 5.75 Å². The quantitative estimate of drug-likeness (QED) is 0.704. The Balaban J connectivity index is 2.28. The first-order valence-corrected chi connectivity index (χ1v) is 8.95. The number of nitrogens with one attached hydrogen (secondary N) is 2. The molecule has 1 amide bonds. The maximum absolute atomic E-state index is 12.4. The van der Waals surface area contributed by atoms with Crippen molar-refractivity contribution in [1.29, 1.82) is 0 Å². The Bertz CT molecular complexity index is 759. The van der Waals surface area contributed by atoms with E-state index in [1.807, 2.05) is 0 Å². The van der Waals surface area contributed by atoms with Gasteiger partial charge in [-0.2, -0.15) is 4.72 Å². The van der Waals surface area contributed by atoms with Gasteiger partial charge in [-0.15, -0.1) is 0 Å². The number of carboxylic acids is 1. The largest absolute Gasteiger partial charge is 0.480 e. The molecule has 0 radical (unpaired) electrons. The van der Waals surface area contributed by atoms with E-state index in [4.69, 9.17) is 4.74 Å². The molecule has 9 heteroatoms. The van der Waals surface area contributed by atoms with E-state index in [0.29, 0.717) is 5.75 Å². The Morgan fingerprint density at radius 1 is 1.42 bits per heavy atom. The van der Waals surface area contributed by atoms with E-state index in [1.54, 1.807) is 20.8 Å². The molecule has 0 saturated carbocycles. The summed E-state index contributed by atoms with van der Waals surface area (Å²) >= 11 is 0. The van der Waals surface area contributed by atoms with Crippen LogP contribution in [-0.2, 0) is 19.6 Å². The lowest BCUT2D eigenvalue weighted by molar-refractivity contribution is -0.139. The first-order chi connectivity index (χ1) is 11.1. The molecule has 0 saturated heterocycles. The van der Waals surface area contributed by atoms with Crippen molar-refractivity contribution in [3.63, 3.8) is 0 Å². The molecule has 0 aliphatic carbocycles. The van der Waals surface area contributed by atoms with Gasteiger partial charge in [-0.3, -0.25) is 9.59 Å². The van der Waals surface area contributed by atoms with Crippen molar-refractivity contribution in [3.05, 3.63) is 18.2 Å². The van der Waals surface area contributed by atoms with Gasteiger partial charge in [-0.1, -0.05) is 13.8 Å². The molecule has 1 heterocycles. The van der Waals surface area contributed by atoms with Gasteiger partial charge in [-0.05, 0) is 37.5 Å². The Morgan fingerprint density at radius 2 is 2.08 bits per heavy atom. The highest BCUT2D eigenvalue weighted by molar-refractivity contribution is 7.89. The van der Waals surface area contributed by atoms with Crippen LogP contribution in [0.2, 0.25) is 0 Å². The van der Waals surface area contributed by atoms with Crippen molar-refractivity contribution in [2.24, 2.45) is 5.92 Å². The first kappa shape index (κ1) is 18.2. The average molecular weight is 356 g/mol. The Hall–Kier alpha value is -2.13. The SMILES string of the molecule is CC(C)CC(NS(=O)(=O)c1ccc2c(c1)NC(=O)C(C)O2)C(=O)O. The molecular formula is C15H20N2O6S. The molecule has 2 atom stereocenters. The summed E-state index contributed by atoms with van der Waals surface area (Å²) in [5.74, 6) is -1.26. The molecular weight excluding hydrogens is 336 g/mol. The normalized spacial score (nSPS) is 18.5. The second-order valence-corrected chi connectivity index (χ2v) is 7.76. The van der Waals surface area contributed by atoms with Crippen LogP contribution < -0.4 is 14.8 Å². The van der Waals surface area contributed by atoms with Crippen LogP contribution >= 0.6 is 0 Å². The molecule has 1 aliphatic rings. The van der Waals surface area contributed by atoms with Crippen LogP contribution in [0.25, 0.3) is 0 Å². The number of rotatable bonds is 6. The predicted molar refractivity (Wildman–Crippen MR) is 86.4 cm³/mol. The predicted octanol–water partition coefficient (Wildman–Crippen LogP) is 1.18. The molecule has 0 fully saturated rings. The van der Waals surface area contributed by atoms with Crippen LogP contribution in [0.1, 0.15) is 27.2 Å². The van der Waals surface area contributed by atoms with Gasteiger partial charge in [0.25, 0.3) is 5.91 Å². The third-order valence-corrected chi connectivity index (χ3v) is 4.96. The zero-order valence-corrected chi connectivity index (χ0v) is 14.4. The molecule has 2 unspecified atom stereocenters. The van der Waals surface area contributed by atoms with Gasteiger partial charge < -0.3 is 15.2 Å². The number of fused-ring (bicyclic) bond motifs is 1. The highest BCUT2D eigenvalue weighted by Crippen LogP contribution is 2.31. The maximum atomic E-state index is 12.4. The van der Waals surface area contributed by atoms with Crippen LogP contribution in [0.5, 0.6) is 5.75 Å². The summed E-state index contributed by atoms with van der Waals surface area (Å²) < 4.78 is 32.4. The minimum atomic E-state index is -4.05. The third kappa shape index (κ3) is 4.04. The van der Waals surface area contributed by atoms with E-state index in [1.165, 1.54) is 18.2 Å². The molecule has 0 bridgehead atoms. The van der Waals surface area contributed by atoms with E-state index in [-0.39, 0.29) is 28.8 Å². The summed E-state index contributed by atoms with van der Waals surface area (Å²) in [5, 5.41) is 11.7. The van der Waals surface area contributed by atoms with Crippen LogP contribution in [0.3, 0.4) is 0 Å². The molecule has 2 rings (SSSR count). The monoisotopic (exact) mass is 356 g/mol. The number of anilines is 1. The Morgan fingerprint density at radius 3 is 2.67 bits per heavy atom. The number of aliphatic carboxylic acids is 1. The maximum Gasteiger partial charge on any atom is 0.321 e. The molecule has 8 nitrogen and oxygen atoms in total. The number of carbonyl (C=O) groups is 2. The third-order valence-electron chi connectivity index (χ3n) is 3.49.